The van der Waals surface area contributed by atoms with Gasteiger partial charge in [0.1, 0.15) is 0 Å². The zero-order valence-electron chi connectivity index (χ0n) is 20.6. The van der Waals surface area contributed by atoms with Crippen molar-refractivity contribution in [3.8, 4) is 11.3 Å². The number of aromatic nitrogens is 3. The van der Waals surface area contributed by atoms with Gasteiger partial charge in [-0.2, -0.15) is 0 Å². The Morgan fingerprint density at radius 1 is 1.11 bits per heavy atom. The van der Waals surface area contributed by atoms with Crippen LogP contribution in [-0.4, -0.2) is 38.9 Å². The summed E-state index contributed by atoms with van der Waals surface area (Å²) >= 11 is 6.38. The SMILES string of the molecule is CC.Nc1ccc(C(=O)NC2CC(Nc3ncc(Cl)c(-c4c[nH]c5ccccc45)n3)CC(F)(F)C2)cc1. The van der Waals surface area contributed by atoms with Crippen molar-refractivity contribution in [2.75, 3.05) is 11.1 Å². The third-order valence-electron chi connectivity index (χ3n) is 6.09. The van der Waals surface area contributed by atoms with Crippen molar-refractivity contribution < 1.29 is 13.6 Å². The minimum Gasteiger partial charge on any atom is -0.399 e. The number of benzene rings is 2. The predicted molar refractivity (Wildman–Crippen MR) is 144 cm³/mol. The number of carbonyl (C=O) groups excluding carboxylic acids is 1. The maximum Gasteiger partial charge on any atom is 0.252 e. The second-order valence-corrected chi connectivity index (χ2v) is 9.18. The summed E-state index contributed by atoms with van der Waals surface area (Å²) < 4.78 is 29.2. The molecule has 0 spiro atoms. The summed E-state index contributed by atoms with van der Waals surface area (Å²) in [6.45, 7) is 4.00. The molecule has 0 saturated heterocycles. The van der Waals surface area contributed by atoms with Crippen LogP contribution < -0.4 is 16.4 Å². The van der Waals surface area contributed by atoms with E-state index in [1.165, 1.54) is 6.20 Å². The van der Waals surface area contributed by atoms with Gasteiger partial charge in [-0.3, -0.25) is 4.79 Å². The van der Waals surface area contributed by atoms with Crippen LogP contribution in [0.5, 0.6) is 0 Å². The molecule has 1 fully saturated rings. The van der Waals surface area contributed by atoms with Crippen molar-refractivity contribution in [3.05, 3.63) is 71.5 Å². The second-order valence-electron chi connectivity index (χ2n) is 8.77. The molecule has 2 atom stereocenters. The quantitative estimate of drug-likeness (QED) is 0.229. The summed E-state index contributed by atoms with van der Waals surface area (Å²) in [7, 11) is 0. The van der Waals surface area contributed by atoms with Gasteiger partial charge in [0.05, 0.1) is 16.9 Å². The molecule has 37 heavy (non-hydrogen) atoms. The van der Waals surface area contributed by atoms with Crippen LogP contribution in [0, 0.1) is 0 Å². The first-order valence-corrected chi connectivity index (χ1v) is 12.5. The van der Waals surface area contributed by atoms with Gasteiger partial charge in [-0.25, -0.2) is 18.7 Å². The number of nitrogens with two attached hydrogens (primary N) is 1. The first-order chi connectivity index (χ1) is 17.8. The highest BCUT2D eigenvalue weighted by Crippen LogP contribution is 2.36. The standard InChI is InChI=1S/C25H23ClF2N6O.C2H6/c26-20-13-31-24(34-22(20)19-12-30-21-4-2-1-3-18(19)21)33-17-9-16(10-25(27,28)11-17)32-23(35)14-5-7-15(29)8-6-14;1-2/h1-8,12-13,16-17,30H,9-11,29H2,(H,32,35)(H,31,33,34);1-2H3. The van der Waals surface area contributed by atoms with Crippen LogP contribution in [0.15, 0.2) is 60.9 Å². The number of amides is 1. The molecule has 2 aromatic carbocycles. The first kappa shape index (κ1) is 26.3. The summed E-state index contributed by atoms with van der Waals surface area (Å²) in [5.74, 6) is -3.18. The van der Waals surface area contributed by atoms with Crippen molar-refractivity contribution in [2.45, 2.75) is 51.1 Å². The molecule has 10 heteroatoms. The minimum atomic E-state index is -2.96. The Hall–Kier alpha value is -3.72. The number of aromatic amines is 1. The molecule has 5 N–H and O–H groups in total. The van der Waals surface area contributed by atoms with Gasteiger partial charge in [0, 0.05) is 58.8 Å². The van der Waals surface area contributed by atoms with Gasteiger partial charge in [0.2, 0.25) is 5.95 Å². The Kier molecular flexibility index (Phi) is 7.92. The highest BCUT2D eigenvalue weighted by atomic mass is 35.5. The van der Waals surface area contributed by atoms with Gasteiger partial charge in [-0.15, -0.1) is 0 Å². The van der Waals surface area contributed by atoms with Crippen LogP contribution in [0.4, 0.5) is 20.4 Å². The third-order valence-corrected chi connectivity index (χ3v) is 6.37. The highest BCUT2D eigenvalue weighted by molar-refractivity contribution is 6.33. The molecule has 5 rings (SSSR count). The number of hydrogen-bond donors (Lipinski definition) is 4. The van der Waals surface area contributed by atoms with E-state index in [9.17, 15) is 13.6 Å². The van der Waals surface area contributed by atoms with Crippen LogP contribution in [0.1, 0.15) is 43.5 Å². The Morgan fingerprint density at radius 3 is 2.57 bits per heavy atom. The summed E-state index contributed by atoms with van der Waals surface area (Å²) in [5, 5.41) is 7.04. The molecule has 1 amide bonds. The van der Waals surface area contributed by atoms with Crippen LogP contribution in [0.25, 0.3) is 22.2 Å². The highest BCUT2D eigenvalue weighted by Gasteiger charge is 2.42. The van der Waals surface area contributed by atoms with Gasteiger partial charge in [-0.05, 0) is 36.8 Å². The molecule has 1 aliphatic carbocycles. The fraction of sp³-hybridized carbons (Fsp3) is 0.296. The zero-order valence-corrected chi connectivity index (χ0v) is 21.3. The van der Waals surface area contributed by atoms with Gasteiger partial charge >= 0.3 is 0 Å². The first-order valence-electron chi connectivity index (χ1n) is 12.2. The van der Waals surface area contributed by atoms with E-state index in [0.29, 0.717) is 28.4 Å². The fourth-order valence-corrected chi connectivity index (χ4v) is 4.71. The summed E-state index contributed by atoms with van der Waals surface area (Å²) in [6.07, 6.45) is 2.73. The number of alkyl halides is 2. The maximum atomic E-state index is 14.6. The summed E-state index contributed by atoms with van der Waals surface area (Å²) in [4.78, 5) is 24.5. The monoisotopic (exact) mass is 526 g/mol. The average molecular weight is 527 g/mol. The third kappa shape index (κ3) is 6.17. The van der Waals surface area contributed by atoms with Gasteiger partial charge in [0.25, 0.3) is 11.8 Å². The Bertz CT molecular complexity index is 1380. The van der Waals surface area contributed by atoms with E-state index in [0.717, 1.165) is 16.5 Å². The lowest BCUT2D eigenvalue weighted by atomic mass is 9.87. The molecule has 2 heterocycles. The molecule has 0 bridgehead atoms. The molecule has 2 aromatic heterocycles. The van der Waals surface area contributed by atoms with Crippen LogP contribution in [0.2, 0.25) is 5.02 Å². The van der Waals surface area contributed by atoms with E-state index in [1.54, 1.807) is 30.5 Å². The van der Waals surface area contributed by atoms with E-state index >= 15 is 0 Å². The number of halogens is 3. The van der Waals surface area contributed by atoms with E-state index in [4.69, 9.17) is 17.3 Å². The number of para-hydroxylation sites is 1. The van der Waals surface area contributed by atoms with Gasteiger partial charge in [-0.1, -0.05) is 43.6 Å². The Morgan fingerprint density at radius 2 is 1.81 bits per heavy atom. The Labute approximate surface area is 218 Å². The van der Waals surface area contributed by atoms with Crippen LogP contribution in [-0.2, 0) is 0 Å². The zero-order chi connectivity index (χ0) is 26.6. The van der Waals surface area contributed by atoms with Crippen molar-refractivity contribution >= 4 is 40.0 Å². The van der Waals surface area contributed by atoms with Crippen LogP contribution >= 0.6 is 11.6 Å². The van der Waals surface area contributed by atoms with Crippen molar-refractivity contribution in [1.29, 1.82) is 0 Å². The lowest BCUT2D eigenvalue weighted by molar-refractivity contribution is -0.0467. The minimum absolute atomic E-state index is 0.195. The summed E-state index contributed by atoms with van der Waals surface area (Å²) in [5.41, 5.74) is 8.75. The Balaban J connectivity index is 0.00000156. The topological polar surface area (TPSA) is 109 Å². The summed E-state index contributed by atoms with van der Waals surface area (Å²) in [6, 6.07) is 12.7. The molecule has 0 radical (unpaired) electrons. The number of carbonyl (C=O) groups is 1. The molecule has 1 saturated carbocycles. The van der Waals surface area contributed by atoms with E-state index in [1.807, 2.05) is 38.1 Å². The number of nitrogens with one attached hydrogen (secondary N) is 3. The lowest BCUT2D eigenvalue weighted by Gasteiger charge is -2.35. The number of H-pyrrole nitrogens is 1. The van der Waals surface area contributed by atoms with E-state index < -0.39 is 36.8 Å². The fourth-order valence-electron chi connectivity index (χ4n) is 4.51. The molecule has 7 nitrogen and oxygen atoms in total. The number of nitrogens with zero attached hydrogens (tertiary/aromatic N) is 2. The molecule has 4 aromatic rings. The molecule has 1 aliphatic rings. The normalized spacial score (nSPS) is 18.5. The number of fused-ring (bicyclic) bond motifs is 1. The lowest BCUT2D eigenvalue weighted by Crippen LogP contribution is -2.48. The largest absolute Gasteiger partial charge is 0.399 e. The average Bonchev–Trinajstić information content (AvgIpc) is 3.30. The smallest absolute Gasteiger partial charge is 0.252 e. The number of anilines is 2. The molecule has 194 valence electrons. The number of hydrogen-bond acceptors (Lipinski definition) is 5. The van der Waals surface area contributed by atoms with Gasteiger partial charge in [0.15, 0.2) is 0 Å². The molecular formula is C27H29ClF2N6O. The predicted octanol–water partition coefficient (Wildman–Crippen LogP) is 6.29. The second kappa shape index (κ2) is 11.1. The van der Waals surface area contributed by atoms with E-state index in [-0.39, 0.29) is 5.95 Å². The maximum absolute atomic E-state index is 14.6. The van der Waals surface area contributed by atoms with E-state index in [2.05, 4.69) is 25.6 Å². The van der Waals surface area contributed by atoms with Crippen molar-refractivity contribution in [3.63, 3.8) is 0 Å². The molecular weight excluding hydrogens is 498 g/mol. The van der Waals surface area contributed by atoms with Gasteiger partial charge < -0.3 is 21.4 Å². The van der Waals surface area contributed by atoms with Crippen molar-refractivity contribution in [1.82, 2.24) is 20.3 Å². The molecule has 0 aliphatic heterocycles. The molecule has 2 unspecified atom stereocenters. The van der Waals surface area contributed by atoms with Crippen LogP contribution in [0.3, 0.4) is 0 Å². The van der Waals surface area contributed by atoms with Crippen molar-refractivity contribution in [2.24, 2.45) is 0 Å². The number of nitrogen functional groups attached to an aromatic ring is 1. The number of rotatable bonds is 5.